The van der Waals surface area contributed by atoms with Crippen LogP contribution in [-0.2, 0) is 19.1 Å². The lowest BCUT2D eigenvalue weighted by Crippen LogP contribution is -2.57. The summed E-state index contributed by atoms with van der Waals surface area (Å²) in [5.41, 5.74) is 0. The number of hydrogen-bond acceptors (Lipinski definition) is 6. The second-order valence-corrected chi connectivity index (χ2v) is 11.9. The number of ether oxygens (including phenoxy) is 1. The minimum Gasteiger partial charge on any atom is -0.465 e. The Bertz CT molecular complexity index is 820. The first-order chi connectivity index (χ1) is 17.4. The van der Waals surface area contributed by atoms with E-state index in [2.05, 4.69) is 27.0 Å². The zero-order chi connectivity index (χ0) is 26.3. The number of aliphatic hydroxyl groups excluding tert-OH is 1. The van der Waals surface area contributed by atoms with E-state index in [0.29, 0.717) is 45.5 Å². The maximum atomic E-state index is 14.2. The van der Waals surface area contributed by atoms with Gasteiger partial charge in [0.05, 0.1) is 23.2 Å². The van der Waals surface area contributed by atoms with Crippen molar-refractivity contribution in [2.24, 2.45) is 17.8 Å². The predicted molar refractivity (Wildman–Crippen MR) is 143 cm³/mol. The lowest BCUT2D eigenvalue weighted by atomic mass is 9.66. The fourth-order valence-electron chi connectivity index (χ4n) is 6.37. The molecule has 3 unspecified atom stereocenters. The third-order valence-electron chi connectivity index (χ3n) is 8.05. The number of unbranched alkanes of at least 4 members (excludes halogenated alkanes) is 4. The topological polar surface area (TPSA) is 87.2 Å². The Morgan fingerprint density at radius 2 is 2.00 bits per heavy atom. The average Bonchev–Trinajstić information content (AvgIpc) is 3.45. The Kier molecular flexibility index (Phi) is 10.5. The van der Waals surface area contributed by atoms with Gasteiger partial charge < -0.3 is 19.6 Å². The van der Waals surface area contributed by atoms with Gasteiger partial charge in [-0.3, -0.25) is 14.4 Å². The Hall–Kier alpha value is -1.80. The van der Waals surface area contributed by atoms with Crippen molar-refractivity contribution in [3.05, 3.63) is 25.3 Å². The first kappa shape index (κ1) is 28.8. The Labute approximate surface area is 220 Å². The Morgan fingerprint density at radius 3 is 2.67 bits per heavy atom. The van der Waals surface area contributed by atoms with E-state index in [-0.39, 0.29) is 35.6 Å². The molecular weight excluding hydrogens is 476 g/mol. The van der Waals surface area contributed by atoms with Gasteiger partial charge in [0.1, 0.15) is 6.04 Å². The molecule has 0 saturated carbocycles. The van der Waals surface area contributed by atoms with Gasteiger partial charge in [-0.05, 0) is 44.4 Å². The largest absolute Gasteiger partial charge is 0.465 e. The summed E-state index contributed by atoms with van der Waals surface area (Å²) >= 11 is 1.68. The standard InChI is InChI=1S/C28H44N2O5S/c1-5-8-10-15-29(14-7-3)26(33)24-28-20(4)19-21(36-28)22(27(34)35-18-13-9-6-2)23(28)25(32)30(24)16-11-12-17-31/h6-7,20-24,31H,2-3,5,8-19H2,1,4H3/t20?,21-,22+,23-,24?,28?/m0/s1. The van der Waals surface area contributed by atoms with Gasteiger partial charge in [-0.25, -0.2) is 0 Å². The van der Waals surface area contributed by atoms with E-state index in [4.69, 9.17) is 4.74 Å². The van der Waals surface area contributed by atoms with Crippen LogP contribution in [0.15, 0.2) is 25.3 Å². The summed E-state index contributed by atoms with van der Waals surface area (Å²) in [4.78, 5) is 45.1. The number of allylic oxidation sites excluding steroid dienone is 1. The fourth-order valence-corrected chi connectivity index (χ4v) is 8.77. The summed E-state index contributed by atoms with van der Waals surface area (Å²) in [5, 5.41) is 9.33. The van der Waals surface area contributed by atoms with Crippen molar-refractivity contribution in [1.82, 2.24) is 9.80 Å². The molecular formula is C28H44N2O5S. The van der Waals surface area contributed by atoms with Crippen LogP contribution in [0.1, 0.15) is 65.2 Å². The van der Waals surface area contributed by atoms with Crippen molar-refractivity contribution >= 4 is 29.5 Å². The molecule has 1 N–H and O–H groups in total. The summed E-state index contributed by atoms with van der Waals surface area (Å²) in [5.74, 6) is -1.39. The SMILES string of the molecule is C=CCCCOC(=O)[C@@H]1[C@@H]2CC(C)C3(S2)C(C(=O)N(CC=C)CCCCC)N(CCCCO)C(=O)[C@H]13. The Balaban J connectivity index is 1.93. The number of aliphatic hydroxyl groups is 1. The highest BCUT2D eigenvalue weighted by Crippen LogP contribution is 2.68. The highest BCUT2D eigenvalue weighted by molar-refractivity contribution is 8.02. The first-order valence-corrected chi connectivity index (χ1v) is 14.5. The molecule has 8 heteroatoms. The summed E-state index contributed by atoms with van der Waals surface area (Å²) in [6.07, 6.45) is 10.0. The van der Waals surface area contributed by atoms with Crippen LogP contribution in [0.5, 0.6) is 0 Å². The van der Waals surface area contributed by atoms with Crippen LogP contribution < -0.4 is 0 Å². The molecule has 0 radical (unpaired) electrons. The van der Waals surface area contributed by atoms with E-state index in [1.807, 2.05) is 4.90 Å². The predicted octanol–water partition coefficient (Wildman–Crippen LogP) is 3.81. The maximum absolute atomic E-state index is 14.2. The van der Waals surface area contributed by atoms with Gasteiger partial charge in [0.2, 0.25) is 11.8 Å². The first-order valence-electron chi connectivity index (χ1n) is 13.6. The number of fused-ring (bicyclic) bond motifs is 1. The van der Waals surface area contributed by atoms with Crippen LogP contribution in [0.4, 0.5) is 0 Å². The highest BCUT2D eigenvalue weighted by Gasteiger charge is 2.76. The van der Waals surface area contributed by atoms with Crippen molar-refractivity contribution in [2.75, 3.05) is 32.8 Å². The molecule has 3 aliphatic heterocycles. The molecule has 202 valence electrons. The van der Waals surface area contributed by atoms with Crippen LogP contribution in [0.2, 0.25) is 0 Å². The molecule has 0 aliphatic carbocycles. The number of rotatable bonds is 16. The molecule has 2 bridgehead atoms. The van der Waals surface area contributed by atoms with Gasteiger partial charge >= 0.3 is 5.97 Å². The summed E-state index contributed by atoms with van der Waals surface area (Å²) < 4.78 is 5.01. The van der Waals surface area contributed by atoms with Crippen molar-refractivity contribution in [2.45, 2.75) is 81.3 Å². The van der Waals surface area contributed by atoms with Gasteiger partial charge in [0.15, 0.2) is 0 Å². The second kappa shape index (κ2) is 13.1. The van der Waals surface area contributed by atoms with E-state index in [0.717, 1.165) is 32.1 Å². The Morgan fingerprint density at radius 1 is 1.22 bits per heavy atom. The second-order valence-electron chi connectivity index (χ2n) is 10.4. The zero-order valence-corrected chi connectivity index (χ0v) is 22.8. The minimum absolute atomic E-state index is 0.0105. The molecule has 3 saturated heterocycles. The van der Waals surface area contributed by atoms with Crippen LogP contribution in [0.3, 0.4) is 0 Å². The number of amides is 2. The third-order valence-corrected chi connectivity index (χ3v) is 10.1. The normalized spacial score (nSPS) is 30.4. The molecule has 3 aliphatic rings. The van der Waals surface area contributed by atoms with Gasteiger partial charge in [0.25, 0.3) is 0 Å². The number of thioether (sulfide) groups is 1. The highest BCUT2D eigenvalue weighted by atomic mass is 32.2. The van der Waals surface area contributed by atoms with Gasteiger partial charge in [-0.1, -0.05) is 38.8 Å². The maximum Gasteiger partial charge on any atom is 0.310 e. The average molecular weight is 521 g/mol. The molecule has 1 spiro atoms. The number of nitrogens with zero attached hydrogens (tertiary/aromatic N) is 2. The summed E-state index contributed by atoms with van der Waals surface area (Å²) in [6, 6.07) is -0.612. The number of esters is 1. The number of hydrogen-bond donors (Lipinski definition) is 1. The lowest BCUT2D eigenvalue weighted by Gasteiger charge is -2.40. The summed E-state index contributed by atoms with van der Waals surface area (Å²) in [7, 11) is 0. The molecule has 7 nitrogen and oxygen atoms in total. The molecule has 36 heavy (non-hydrogen) atoms. The summed E-state index contributed by atoms with van der Waals surface area (Å²) in [6.45, 7) is 13.7. The third kappa shape index (κ3) is 5.40. The molecule has 0 aromatic carbocycles. The van der Waals surface area contributed by atoms with E-state index >= 15 is 0 Å². The molecule has 2 amide bonds. The molecule has 6 atom stereocenters. The fraction of sp³-hybridized carbons (Fsp3) is 0.750. The molecule has 0 aromatic heterocycles. The number of likely N-dealkylation sites (tertiary alicyclic amines) is 1. The van der Waals surface area contributed by atoms with Gasteiger partial charge in [-0.2, -0.15) is 0 Å². The molecule has 3 heterocycles. The van der Waals surface area contributed by atoms with Crippen molar-refractivity contribution in [3.8, 4) is 0 Å². The van der Waals surface area contributed by atoms with Crippen molar-refractivity contribution in [1.29, 1.82) is 0 Å². The molecule has 0 aromatic rings. The van der Waals surface area contributed by atoms with Crippen LogP contribution in [0.25, 0.3) is 0 Å². The van der Waals surface area contributed by atoms with E-state index in [1.54, 1.807) is 28.8 Å². The van der Waals surface area contributed by atoms with E-state index in [1.165, 1.54) is 0 Å². The minimum atomic E-state index is -0.632. The van der Waals surface area contributed by atoms with Crippen molar-refractivity contribution < 1.29 is 24.2 Å². The van der Waals surface area contributed by atoms with Crippen LogP contribution in [0, 0.1) is 17.8 Å². The van der Waals surface area contributed by atoms with Gasteiger partial charge in [-0.15, -0.1) is 24.9 Å². The van der Waals surface area contributed by atoms with E-state index in [9.17, 15) is 19.5 Å². The molecule has 3 rings (SSSR count). The monoisotopic (exact) mass is 520 g/mol. The van der Waals surface area contributed by atoms with Crippen molar-refractivity contribution in [3.63, 3.8) is 0 Å². The van der Waals surface area contributed by atoms with Crippen LogP contribution >= 0.6 is 11.8 Å². The van der Waals surface area contributed by atoms with Gasteiger partial charge in [0, 0.05) is 31.5 Å². The quantitative estimate of drug-likeness (QED) is 0.189. The smallest absolute Gasteiger partial charge is 0.310 e. The number of carbonyl (C=O) groups is 3. The lowest BCUT2D eigenvalue weighted by molar-refractivity contribution is -0.154. The zero-order valence-electron chi connectivity index (χ0n) is 22.0. The molecule has 3 fully saturated rings. The van der Waals surface area contributed by atoms with E-state index < -0.39 is 22.6 Å². The van der Waals surface area contributed by atoms with Crippen LogP contribution in [-0.4, -0.2) is 81.6 Å². The number of carbonyl (C=O) groups excluding carboxylic acids is 3.